The van der Waals surface area contributed by atoms with Crippen LogP contribution in [0.3, 0.4) is 0 Å². The van der Waals surface area contributed by atoms with E-state index in [2.05, 4.69) is 114 Å². The first kappa shape index (κ1) is 25.4. The Morgan fingerprint density at radius 3 is 1.82 bits per heavy atom. The molecule has 0 saturated heterocycles. The molecule has 0 spiro atoms. The minimum atomic E-state index is 0.597. The lowest BCUT2D eigenvalue weighted by Crippen LogP contribution is -2.09. The number of benzene rings is 7. The fourth-order valence-electron chi connectivity index (χ4n) is 6.28. The molecule has 4 nitrogen and oxygen atoms in total. The zero-order valence-corrected chi connectivity index (χ0v) is 24.2. The fourth-order valence-corrected chi connectivity index (χ4v) is 6.28. The number of nitrogens with zero attached hydrogens (tertiary/aromatic N) is 2. The average molecular weight is 579 g/mol. The predicted octanol–water partition coefficient (Wildman–Crippen LogP) is 11.7. The van der Waals surface area contributed by atoms with E-state index in [4.69, 9.17) is 13.8 Å². The maximum atomic E-state index is 6.34. The highest BCUT2D eigenvalue weighted by molar-refractivity contribution is 6.17. The minimum Gasteiger partial charge on any atom is -0.456 e. The molecule has 0 bridgehead atoms. The van der Waals surface area contributed by atoms with E-state index in [1.165, 1.54) is 21.9 Å². The molecule has 212 valence electrons. The minimum absolute atomic E-state index is 0.597. The van der Waals surface area contributed by atoms with E-state index >= 15 is 0 Å². The second-order valence-electron chi connectivity index (χ2n) is 11.2. The molecule has 0 aliphatic rings. The second kappa shape index (κ2) is 10.2. The Balaban J connectivity index is 1.23. The van der Waals surface area contributed by atoms with Gasteiger partial charge >= 0.3 is 0 Å². The van der Waals surface area contributed by atoms with Crippen molar-refractivity contribution < 1.29 is 8.83 Å². The van der Waals surface area contributed by atoms with Gasteiger partial charge in [0.15, 0.2) is 5.58 Å². The summed E-state index contributed by atoms with van der Waals surface area (Å²) in [6.45, 7) is 0. The Bertz CT molecular complexity index is 2480. The van der Waals surface area contributed by atoms with E-state index in [-0.39, 0.29) is 0 Å². The lowest BCUT2D eigenvalue weighted by molar-refractivity contribution is 0.619. The number of furan rings is 1. The van der Waals surface area contributed by atoms with Gasteiger partial charge in [0.2, 0.25) is 5.89 Å². The molecule has 0 N–H and O–H groups in total. The average Bonchev–Trinajstić information content (AvgIpc) is 3.71. The number of rotatable bonds is 5. The van der Waals surface area contributed by atoms with Crippen molar-refractivity contribution in [3.05, 3.63) is 158 Å². The van der Waals surface area contributed by atoms with Crippen LogP contribution in [0.15, 0.2) is 167 Å². The second-order valence-corrected chi connectivity index (χ2v) is 11.2. The summed E-state index contributed by atoms with van der Waals surface area (Å²) >= 11 is 0. The van der Waals surface area contributed by atoms with Crippen LogP contribution in [0.2, 0.25) is 0 Å². The van der Waals surface area contributed by atoms with Crippen molar-refractivity contribution in [3.63, 3.8) is 0 Å². The molecule has 0 unspecified atom stereocenters. The Kier molecular flexibility index (Phi) is 5.78. The standard InChI is InChI=1S/C41H26N2O2/c1-3-9-27(10-4-1)29-15-18-32(19-16-29)43(33-20-17-28-11-7-8-14-31(28)25-33)34-21-22-36-35(26-34)39-37(44-36)23-24-38-40(39)42-41(45-38)30-12-5-2-6-13-30/h1-26H. The van der Waals surface area contributed by atoms with E-state index in [0.29, 0.717) is 5.89 Å². The topological polar surface area (TPSA) is 42.4 Å². The first-order valence-electron chi connectivity index (χ1n) is 15.0. The summed E-state index contributed by atoms with van der Waals surface area (Å²) in [5.41, 5.74) is 9.60. The summed E-state index contributed by atoms with van der Waals surface area (Å²) in [4.78, 5) is 7.26. The Morgan fingerprint density at radius 1 is 0.422 bits per heavy atom. The number of anilines is 3. The molecular formula is C41H26N2O2. The van der Waals surface area contributed by atoms with Crippen LogP contribution in [0.4, 0.5) is 17.1 Å². The molecular weight excluding hydrogens is 552 g/mol. The van der Waals surface area contributed by atoms with Crippen LogP contribution in [-0.4, -0.2) is 4.98 Å². The SMILES string of the molecule is c1ccc(-c2ccc(N(c3ccc4ccccc4c3)c3ccc4oc5ccc6oc(-c7ccccc7)nc6c5c4c3)cc2)cc1. The van der Waals surface area contributed by atoms with Crippen LogP contribution >= 0.6 is 0 Å². The third kappa shape index (κ3) is 4.35. The van der Waals surface area contributed by atoms with Gasteiger partial charge in [-0.15, -0.1) is 0 Å². The van der Waals surface area contributed by atoms with Crippen LogP contribution in [-0.2, 0) is 0 Å². The van der Waals surface area contributed by atoms with E-state index in [9.17, 15) is 0 Å². The lowest BCUT2D eigenvalue weighted by atomic mass is 10.0. The maximum absolute atomic E-state index is 6.34. The molecule has 9 rings (SSSR count). The van der Waals surface area contributed by atoms with Gasteiger partial charge in [0.05, 0.1) is 5.39 Å². The predicted molar refractivity (Wildman–Crippen MR) is 184 cm³/mol. The summed E-state index contributed by atoms with van der Waals surface area (Å²) < 4.78 is 12.6. The molecule has 0 aliphatic carbocycles. The molecule has 0 aliphatic heterocycles. The molecule has 0 radical (unpaired) electrons. The molecule has 4 heteroatoms. The highest BCUT2D eigenvalue weighted by Crippen LogP contribution is 2.42. The molecule has 0 amide bonds. The van der Waals surface area contributed by atoms with Crippen molar-refractivity contribution in [1.29, 1.82) is 0 Å². The van der Waals surface area contributed by atoms with Gasteiger partial charge in [-0.25, -0.2) is 4.98 Å². The first-order valence-corrected chi connectivity index (χ1v) is 15.0. The van der Waals surface area contributed by atoms with E-state index in [0.717, 1.165) is 55.7 Å². The molecule has 0 saturated carbocycles. The summed E-state index contributed by atoms with van der Waals surface area (Å²) in [6, 6.07) is 54.6. The van der Waals surface area contributed by atoms with E-state index in [1.54, 1.807) is 0 Å². The Labute approximate surface area is 259 Å². The Morgan fingerprint density at radius 2 is 1.02 bits per heavy atom. The van der Waals surface area contributed by atoms with Crippen molar-refractivity contribution in [3.8, 4) is 22.6 Å². The highest BCUT2D eigenvalue weighted by Gasteiger charge is 2.19. The van der Waals surface area contributed by atoms with Gasteiger partial charge < -0.3 is 13.7 Å². The molecule has 0 atom stereocenters. The quantitative estimate of drug-likeness (QED) is 0.204. The molecule has 2 heterocycles. The summed E-state index contributed by atoms with van der Waals surface area (Å²) in [7, 11) is 0. The molecule has 9 aromatic rings. The number of hydrogen-bond acceptors (Lipinski definition) is 4. The molecule has 2 aromatic heterocycles. The van der Waals surface area contributed by atoms with E-state index in [1.807, 2.05) is 48.5 Å². The van der Waals surface area contributed by atoms with Crippen LogP contribution in [0, 0.1) is 0 Å². The zero-order chi connectivity index (χ0) is 29.7. The third-order valence-corrected chi connectivity index (χ3v) is 8.48. The van der Waals surface area contributed by atoms with Crippen molar-refractivity contribution in [2.24, 2.45) is 0 Å². The van der Waals surface area contributed by atoms with Gasteiger partial charge in [-0.2, -0.15) is 0 Å². The van der Waals surface area contributed by atoms with E-state index < -0.39 is 0 Å². The normalized spacial score (nSPS) is 11.6. The van der Waals surface area contributed by atoms with Gasteiger partial charge in [0, 0.05) is 28.0 Å². The van der Waals surface area contributed by atoms with Gasteiger partial charge in [0.1, 0.15) is 16.7 Å². The molecule has 0 fully saturated rings. The van der Waals surface area contributed by atoms with Gasteiger partial charge in [0.25, 0.3) is 0 Å². The maximum Gasteiger partial charge on any atom is 0.227 e. The van der Waals surface area contributed by atoms with Crippen LogP contribution in [0.5, 0.6) is 0 Å². The summed E-state index contributed by atoms with van der Waals surface area (Å²) in [6.07, 6.45) is 0. The van der Waals surface area contributed by atoms with Crippen LogP contribution < -0.4 is 4.90 Å². The van der Waals surface area contributed by atoms with Crippen LogP contribution in [0.1, 0.15) is 0 Å². The fraction of sp³-hybridized carbons (Fsp3) is 0. The number of aromatic nitrogens is 1. The summed E-state index contributed by atoms with van der Waals surface area (Å²) in [5, 5.41) is 4.34. The highest BCUT2D eigenvalue weighted by atomic mass is 16.4. The number of fused-ring (bicyclic) bond motifs is 6. The van der Waals surface area contributed by atoms with Crippen molar-refractivity contribution >= 4 is 60.9 Å². The molecule has 45 heavy (non-hydrogen) atoms. The summed E-state index contributed by atoms with van der Waals surface area (Å²) in [5.74, 6) is 0.597. The third-order valence-electron chi connectivity index (χ3n) is 8.48. The van der Waals surface area contributed by atoms with Crippen molar-refractivity contribution in [2.45, 2.75) is 0 Å². The van der Waals surface area contributed by atoms with Crippen LogP contribution in [0.25, 0.3) is 66.4 Å². The van der Waals surface area contributed by atoms with Crippen molar-refractivity contribution in [2.75, 3.05) is 4.90 Å². The molecule has 7 aromatic carbocycles. The number of oxazole rings is 1. The Hall–Kier alpha value is -6.13. The number of hydrogen-bond donors (Lipinski definition) is 0. The van der Waals surface area contributed by atoms with Crippen molar-refractivity contribution in [1.82, 2.24) is 4.98 Å². The smallest absolute Gasteiger partial charge is 0.227 e. The zero-order valence-electron chi connectivity index (χ0n) is 24.2. The van der Waals surface area contributed by atoms with Gasteiger partial charge in [-0.1, -0.05) is 91.0 Å². The van der Waals surface area contributed by atoms with Gasteiger partial charge in [-0.05, 0) is 88.6 Å². The lowest BCUT2D eigenvalue weighted by Gasteiger charge is -2.26. The first-order chi connectivity index (χ1) is 22.3. The van der Waals surface area contributed by atoms with Gasteiger partial charge in [-0.3, -0.25) is 0 Å². The largest absolute Gasteiger partial charge is 0.456 e. The monoisotopic (exact) mass is 578 g/mol.